The maximum Gasteiger partial charge on any atom is 0.233 e. The van der Waals surface area contributed by atoms with Crippen LogP contribution in [0.5, 0.6) is 0 Å². The van der Waals surface area contributed by atoms with Gasteiger partial charge in [-0.25, -0.2) is 0 Å². The highest BCUT2D eigenvalue weighted by Gasteiger charge is 2.45. The van der Waals surface area contributed by atoms with Crippen LogP contribution in [0.3, 0.4) is 0 Å². The number of amides is 2. The fourth-order valence-electron chi connectivity index (χ4n) is 1.91. The summed E-state index contributed by atoms with van der Waals surface area (Å²) < 4.78 is 0. The van der Waals surface area contributed by atoms with E-state index in [1.807, 2.05) is 20.8 Å². The number of ketones is 1. The number of nitrogens with zero attached hydrogens (tertiary/aromatic N) is 1. The number of carbonyl (C=O) groups is 3. The van der Waals surface area contributed by atoms with Crippen LogP contribution in [-0.2, 0) is 14.4 Å². The first-order chi connectivity index (χ1) is 7.94. The lowest BCUT2D eigenvalue weighted by Gasteiger charge is -2.25. The third-order valence-electron chi connectivity index (χ3n) is 3.43. The lowest BCUT2D eigenvalue weighted by molar-refractivity contribution is -0.145. The molecule has 0 aromatic heterocycles. The molecule has 1 atom stereocenters. The van der Waals surface area contributed by atoms with Crippen LogP contribution in [0.4, 0.5) is 0 Å². The first kappa shape index (κ1) is 14.9. The van der Waals surface area contributed by atoms with E-state index in [0.717, 1.165) is 4.90 Å². The molecule has 0 aromatic carbocycles. The molecule has 0 bridgehead atoms. The summed E-state index contributed by atoms with van der Waals surface area (Å²) in [5.74, 6) is -0.820. The fraction of sp³-hybridized carbons (Fsp3) is 0.786. The van der Waals surface area contributed by atoms with Crippen molar-refractivity contribution in [2.24, 2.45) is 16.7 Å². The van der Waals surface area contributed by atoms with Gasteiger partial charge in [-0.05, 0) is 5.41 Å². The number of imide groups is 1. The summed E-state index contributed by atoms with van der Waals surface area (Å²) in [6.07, 6.45) is 0.222. The highest BCUT2D eigenvalue weighted by atomic mass is 16.2. The summed E-state index contributed by atoms with van der Waals surface area (Å²) in [5, 5.41) is 0. The molecule has 102 valence electrons. The topological polar surface area (TPSA) is 54.5 Å². The van der Waals surface area contributed by atoms with Gasteiger partial charge in [-0.2, -0.15) is 0 Å². The zero-order valence-corrected chi connectivity index (χ0v) is 12.2. The summed E-state index contributed by atoms with van der Waals surface area (Å²) in [6.45, 7) is 11.1. The minimum absolute atomic E-state index is 0.0845. The van der Waals surface area contributed by atoms with E-state index in [4.69, 9.17) is 0 Å². The molecule has 18 heavy (non-hydrogen) atoms. The van der Waals surface area contributed by atoms with Crippen molar-refractivity contribution in [3.63, 3.8) is 0 Å². The Kier molecular flexibility index (Phi) is 3.70. The first-order valence-electron chi connectivity index (χ1n) is 6.32. The molecule has 0 N–H and O–H groups in total. The maximum absolute atomic E-state index is 12.2. The van der Waals surface area contributed by atoms with Gasteiger partial charge >= 0.3 is 0 Å². The van der Waals surface area contributed by atoms with Crippen molar-refractivity contribution in [3.05, 3.63) is 0 Å². The Bertz CT molecular complexity index is 385. The molecule has 0 aliphatic carbocycles. The fourth-order valence-corrected chi connectivity index (χ4v) is 1.91. The standard InChI is InChI=1S/C14H23NO3/c1-13(2,3)9-7-11(17)15(12(9)18)8-10(16)14(4,5)6/h9H,7-8H2,1-6H3. The number of hydrogen-bond acceptors (Lipinski definition) is 3. The minimum atomic E-state index is -0.527. The molecular weight excluding hydrogens is 230 g/mol. The maximum atomic E-state index is 12.2. The third-order valence-corrected chi connectivity index (χ3v) is 3.43. The zero-order valence-electron chi connectivity index (χ0n) is 12.2. The van der Waals surface area contributed by atoms with Crippen molar-refractivity contribution in [2.45, 2.75) is 48.0 Å². The molecule has 4 heteroatoms. The molecule has 0 saturated carbocycles. The summed E-state index contributed by atoms with van der Waals surface area (Å²) in [4.78, 5) is 37.1. The van der Waals surface area contributed by atoms with Gasteiger partial charge in [0, 0.05) is 11.8 Å². The monoisotopic (exact) mass is 253 g/mol. The van der Waals surface area contributed by atoms with E-state index in [1.54, 1.807) is 20.8 Å². The van der Waals surface area contributed by atoms with Crippen molar-refractivity contribution in [1.82, 2.24) is 4.90 Å². The van der Waals surface area contributed by atoms with E-state index in [2.05, 4.69) is 0 Å². The molecule has 1 rings (SSSR count). The highest BCUT2D eigenvalue weighted by Crippen LogP contribution is 2.35. The second-order valence-corrected chi connectivity index (χ2v) is 7.11. The van der Waals surface area contributed by atoms with Crippen LogP contribution in [0.25, 0.3) is 0 Å². The van der Waals surface area contributed by atoms with Crippen LogP contribution in [0.2, 0.25) is 0 Å². The van der Waals surface area contributed by atoms with Gasteiger partial charge in [-0.1, -0.05) is 41.5 Å². The molecule has 0 spiro atoms. The van der Waals surface area contributed by atoms with Gasteiger partial charge in [-0.15, -0.1) is 0 Å². The van der Waals surface area contributed by atoms with Gasteiger partial charge < -0.3 is 0 Å². The largest absolute Gasteiger partial charge is 0.297 e. The number of likely N-dealkylation sites (tertiary alicyclic amines) is 1. The van der Waals surface area contributed by atoms with Crippen molar-refractivity contribution in [1.29, 1.82) is 0 Å². The second-order valence-electron chi connectivity index (χ2n) is 7.11. The highest BCUT2D eigenvalue weighted by molar-refractivity contribution is 6.06. The zero-order chi connectivity index (χ0) is 14.3. The van der Waals surface area contributed by atoms with E-state index in [0.29, 0.717) is 0 Å². The van der Waals surface area contributed by atoms with Gasteiger partial charge in [0.15, 0.2) is 5.78 Å². The molecular formula is C14H23NO3. The van der Waals surface area contributed by atoms with Crippen LogP contribution >= 0.6 is 0 Å². The molecule has 1 fully saturated rings. The van der Waals surface area contributed by atoms with E-state index in [1.165, 1.54) is 0 Å². The summed E-state index contributed by atoms with van der Waals surface area (Å²) in [6, 6.07) is 0. The minimum Gasteiger partial charge on any atom is -0.297 e. The molecule has 4 nitrogen and oxygen atoms in total. The van der Waals surface area contributed by atoms with Gasteiger partial charge in [-0.3, -0.25) is 19.3 Å². The number of rotatable bonds is 2. The second kappa shape index (κ2) is 4.48. The van der Waals surface area contributed by atoms with E-state index in [-0.39, 0.29) is 41.9 Å². The molecule has 1 unspecified atom stereocenters. The van der Waals surface area contributed by atoms with E-state index >= 15 is 0 Å². The normalized spacial score (nSPS) is 21.7. The Balaban J connectivity index is 2.84. The number of Topliss-reactive ketones (excluding diaryl/α,β-unsaturated/α-hetero) is 1. The van der Waals surface area contributed by atoms with E-state index in [9.17, 15) is 14.4 Å². The van der Waals surface area contributed by atoms with Crippen LogP contribution in [0.1, 0.15) is 48.0 Å². The Morgan fingerprint density at radius 2 is 1.67 bits per heavy atom. The first-order valence-corrected chi connectivity index (χ1v) is 6.32. The Hall–Kier alpha value is -1.19. The lowest BCUT2D eigenvalue weighted by Crippen LogP contribution is -2.40. The SMILES string of the molecule is CC(C)(C)C(=O)CN1C(=O)CC(C(C)(C)C)C1=O. The molecule has 1 saturated heterocycles. The van der Waals surface area contributed by atoms with Gasteiger partial charge in [0.05, 0.1) is 12.5 Å². The average Bonchev–Trinajstić information content (AvgIpc) is 2.43. The summed E-state index contributed by atoms with van der Waals surface area (Å²) in [5.41, 5.74) is -0.771. The smallest absolute Gasteiger partial charge is 0.233 e. The van der Waals surface area contributed by atoms with Crippen LogP contribution < -0.4 is 0 Å². The molecule has 0 aromatic rings. The molecule has 1 aliphatic rings. The molecule has 0 radical (unpaired) electrons. The third kappa shape index (κ3) is 2.98. The summed E-state index contributed by atoms with van der Waals surface area (Å²) in [7, 11) is 0. The quantitative estimate of drug-likeness (QED) is 0.707. The van der Waals surface area contributed by atoms with E-state index < -0.39 is 5.41 Å². The predicted molar refractivity (Wildman–Crippen MR) is 68.7 cm³/mol. The molecule has 1 heterocycles. The van der Waals surface area contributed by atoms with Gasteiger partial charge in [0.1, 0.15) is 0 Å². The average molecular weight is 253 g/mol. The van der Waals surface area contributed by atoms with Crippen LogP contribution in [0, 0.1) is 16.7 Å². The number of hydrogen-bond donors (Lipinski definition) is 0. The van der Waals surface area contributed by atoms with Gasteiger partial charge in [0.2, 0.25) is 11.8 Å². The summed E-state index contributed by atoms with van der Waals surface area (Å²) >= 11 is 0. The molecule has 2 amide bonds. The van der Waals surface area contributed by atoms with Crippen molar-refractivity contribution < 1.29 is 14.4 Å². The predicted octanol–water partition coefficient (Wildman–Crippen LogP) is 2.02. The Labute approximate surface area is 109 Å². The Morgan fingerprint density at radius 1 is 1.17 bits per heavy atom. The van der Waals surface area contributed by atoms with Crippen molar-refractivity contribution >= 4 is 17.6 Å². The lowest BCUT2D eigenvalue weighted by atomic mass is 9.80. The van der Waals surface area contributed by atoms with Crippen molar-refractivity contribution in [3.8, 4) is 0 Å². The van der Waals surface area contributed by atoms with Crippen LogP contribution in [-0.4, -0.2) is 29.0 Å². The van der Waals surface area contributed by atoms with Crippen molar-refractivity contribution in [2.75, 3.05) is 6.54 Å². The van der Waals surface area contributed by atoms with Crippen LogP contribution in [0.15, 0.2) is 0 Å². The van der Waals surface area contributed by atoms with Gasteiger partial charge in [0.25, 0.3) is 0 Å². The Morgan fingerprint density at radius 3 is 2.00 bits per heavy atom. The number of carbonyl (C=O) groups excluding carboxylic acids is 3. The molecule has 1 aliphatic heterocycles.